The van der Waals surface area contributed by atoms with Crippen molar-refractivity contribution >= 4 is 11.8 Å². The van der Waals surface area contributed by atoms with Crippen molar-refractivity contribution in [2.24, 2.45) is 0 Å². The molecule has 4 nitrogen and oxygen atoms in total. The van der Waals surface area contributed by atoms with Crippen molar-refractivity contribution in [1.29, 1.82) is 0 Å². The molecule has 2 atom stereocenters. The number of hydrogen-bond acceptors (Lipinski definition) is 4. The third-order valence-corrected chi connectivity index (χ3v) is 4.98. The Morgan fingerprint density at radius 1 is 1.56 bits per heavy atom. The van der Waals surface area contributed by atoms with Crippen LogP contribution in [0.3, 0.4) is 0 Å². The molecule has 0 aromatic carbocycles. The van der Waals surface area contributed by atoms with Crippen LogP contribution in [0.2, 0.25) is 0 Å². The molecule has 2 heterocycles. The second-order valence-electron chi connectivity index (χ2n) is 4.81. The lowest BCUT2D eigenvalue weighted by molar-refractivity contribution is 0.460. The second kappa shape index (κ2) is 7.14. The first kappa shape index (κ1) is 13.9. The highest BCUT2D eigenvalue weighted by Gasteiger charge is 2.26. The van der Waals surface area contributed by atoms with Gasteiger partial charge in [0.25, 0.3) is 0 Å². The summed E-state index contributed by atoms with van der Waals surface area (Å²) in [5.74, 6) is 2.44. The molecule has 2 rings (SSSR count). The molecule has 2 unspecified atom stereocenters. The molecule has 1 aliphatic rings. The first-order valence-electron chi connectivity index (χ1n) is 7.06. The highest BCUT2D eigenvalue weighted by atomic mass is 32.2. The number of rotatable bonds is 7. The first-order valence-corrected chi connectivity index (χ1v) is 8.11. The van der Waals surface area contributed by atoms with Gasteiger partial charge in [-0.05, 0) is 38.5 Å². The van der Waals surface area contributed by atoms with Gasteiger partial charge in [-0.15, -0.1) is 0 Å². The molecular formula is C13H24N4S. The fourth-order valence-corrected chi connectivity index (χ4v) is 3.89. The van der Waals surface area contributed by atoms with Crippen molar-refractivity contribution in [3.63, 3.8) is 0 Å². The maximum absolute atomic E-state index is 4.41. The maximum atomic E-state index is 4.41. The minimum atomic E-state index is 0.548. The monoisotopic (exact) mass is 268 g/mol. The summed E-state index contributed by atoms with van der Waals surface area (Å²) in [6.07, 6.45) is 6.57. The Morgan fingerprint density at radius 2 is 2.44 bits per heavy atom. The van der Waals surface area contributed by atoms with E-state index >= 15 is 0 Å². The largest absolute Gasteiger partial charge is 0.312 e. The fraction of sp³-hybridized carbons (Fsp3) is 0.846. The Bertz CT molecular complexity index is 347. The van der Waals surface area contributed by atoms with Crippen molar-refractivity contribution < 1.29 is 0 Å². The van der Waals surface area contributed by atoms with Crippen LogP contribution in [0.15, 0.2) is 6.33 Å². The van der Waals surface area contributed by atoms with E-state index in [-0.39, 0.29) is 0 Å². The van der Waals surface area contributed by atoms with E-state index in [0.717, 1.165) is 30.6 Å². The molecule has 0 aliphatic carbocycles. The number of nitrogens with zero attached hydrogens (tertiary/aromatic N) is 3. The standard InChI is InChI=1S/C13H24N4S/c1-3-7-14-11(12-6-5-8-18-12)9-13-15-10-16-17(13)4-2/h10-12,14H,3-9H2,1-2H3. The lowest BCUT2D eigenvalue weighted by atomic mass is 10.1. The van der Waals surface area contributed by atoms with E-state index in [1.54, 1.807) is 6.33 Å². The Kier molecular flexibility index (Phi) is 5.50. The van der Waals surface area contributed by atoms with E-state index in [9.17, 15) is 0 Å². The quantitative estimate of drug-likeness (QED) is 0.822. The average molecular weight is 268 g/mol. The topological polar surface area (TPSA) is 42.7 Å². The summed E-state index contributed by atoms with van der Waals surface area (Å²) in [5, 5.41) is 8.71. The number of aromatic nitrogens is 3. The molecule has 0 spiro atoms. The van der Waals surface area contributed by atoms with Gasteiger partial charge in [-0.25, -0.2) is 4.98 Å². The molecule has 1 saturated heterocycles. The van der Waals surface area contributed by atoms with Gasteiger partial charge in [0.05, 0.1) is 0 Å². The van der Waals surface area contributed by atoms with Gasteiger partial charge in [0.1, 0.15) is 12.2 Å². The molecule has 1 aromatic rings. The summed E-state index contributed by atoms with van der Waals surface area (Å²) in [6.45, 7) is 6.35. The van der Waals surface area contributed by atoms with E-state index in [2.05, 4.69) is 41.0 Å². The van der Waals surface area contributed by atoms with Gasteiger partial charge in [0, 0.05) is 24.3 Å². The number of hydrogen-bond donors (Lipinski definition) is 1. The molecule has 0 amide bonds. The third kappa shape index (κ3) is 3.48. The van der Waals surface area contributed by atoms with Gasteiger partial charge < -0.3 is 5.32 Å². The number of nitrogens with one attached hydrogen (secondary N) is 1. The Balaban J connectivity index is 1.99. The lowest BCUT2D eigenvalue weighted by Crippen LogP contribution is -2.40. The molecule has 1 aromatic heterocycles. The molecule has 0 bridgehead atoms. The molecule has 5 heteroatoms. The van der Waals surface area contributed by atoms with Gasteiger partial charge in [-0.2, -0.15) is 16.9 Å². The molecule has 1 aliphatic heterocycles. The molecule has 1 fully saturated rings. The summed E-state index contributed by atoms with van der Waals surface area (Å²) in [4.78, 5) is 4.41. The maximum Gasteiger partial charge on any atom is 0.138 e. The minimum absolute atomic E-state index is 0.548. The second-order valence-corrected chi connectivity index (χ2v) is 6.16. The van der Waals surface area contributed by atoms with Crippen LogP contribution in [0, 0.1) is 0 Å². The molecule has 0 radical (unpaired) electrons. The van der Waals surface area contributed by atoms with Gasteiger partial charge in [-0.3, -0.25) is 4.68 Å². The Morgan fingerprint density at radius 3 is 3.11 bits per heavy atom. The van der Waals surface area contributed by atoms with E-state index in [1.807, 2.05) is 4.68 Å². The Hall–Kier alpha value is -0.550. The SMILES string of the molecule is CCCNC(Cc1ncnn1CC)C1CCCS1. The molecule has 0 saturated carbocycles. The summed E-state index contributed by atoms with van der Waals surface area (Å²) < 4.78 is 2.01. The molecule has 102 valence electrons. The predicted octanol–water partition coefficient (Wildman–Crippen LogP) is 2.10. The van der Waals surface area contributed by atoms with Crippen LogP contribution in [0.1, 0.15) is 38.9 Å². The normalized spacial score (nSPS) is 21.3. The highest BCUT2D eigenvalue weighted by molar-refractivity contribution is 8.00. The van der Waals surface area contributed by atoms with E-state index < -0.39 is 0 Å². The molecule has 18 heavy (non-hydrogen) atoms. The van der Waals surface area contributed by atoms with Crippen LogP contribution in [0.4, 0.5) is 0 Å². The van der Waals surface area contributed by atoms with Crippen LogP contribution in [0.5, 0.6) is 0 Å². The average Bonchev–Trinajstić information content (AvgIpc) is 3.04. The van der Waals surface area contributed by atoms with Gasteiger partial charge in [0.2, 0.25) is 0 Å². The number of thioether (sulfide) groups is 1. The predicted molar refractivity (Wildman–Crippen MR) is 77.0 cm³/mol. The van der Waals surface area contributed by atoms with Crippen molar-refractivity contribution in [2.75, 3.05) is 12.3 Å². The summed E-state index contributed by atoms with van der Waals surface area (Å²) in [7, 11) is 0. The van der Waals surface area contributed by atoms with Crippen molar-refractivity contribution in [2.45, 2.75) is 57.4 Å². The van der Waals surface area contributed by atoms with Crippen LogP contribution in [-0.4, -0.2) is 38.4 Å². The zero-order chi connectivity index (χ0) is 12.8. The lowest BCUT2D eigenvalue weighted by Gasteiger charge is -2.23. The van der Waals surface area contributed by atoms with Crippen LogP contribution in [0.25, 0.3) is 0 Å². The fourth-order valence-electron chi connectivity index (χ4n) is 2.49. The van der Waals surface area contributed by atoms with Crippen LogP contribution >= 0.6 is 11.8 Å². The van der Waals surface area contributed by atoms with E-state index in [0.29, 0.717) is 6.04 Å². The highest BCUT2D eigenvalue weighted by Crippen LogP contribution is 2.29. The summed E-state index contributed by atoms with van der Waals surface area (Å²) in [5.41, 5.74) is 0. The van der Waals surface area contributed by atoms with E-state index in [4.69, 9.17) is 0 Å². The smallest absolute Gasteiger partial charge is 0.138 e. The minimum Gasteiger partial charge on any atom is -0.312 e. The van der Waals surface area contributed by atoms with Crippen LogP contribution in [-0.2, 0) is 13.0 Å². The van der Waals surface area contributed by atoms with Crippen molar-refractivity contribution in [3.8, 4) is 0 Å². The van der Waals surface area contributed by atoms with E-state index in [1.165, 1.54) is 25.0 Å². The molecular weight excluding hydrogens is 244 g/mol. The van der Waals surface area contributed by atoms with Gasteiger partial charge in [0.15, 0.2) is 0 Å². The zero-order valence-corrected chi connectivity index (χ0v) is 12.2. The Labute approximate surface area is 114 Å². The first-order chi connectivity index (χ1) is 8.85. The van der Waals surface area contributed by atoms with Gasteiger partial charge >= 0.3 is 0 Å². The summed E-state index contributed by atoms with van der Waals surface area (Å²) in [6, 6.07) is 0.548. The molecule has 1 N–H and O–H groups in total. The van der Waals surface area contributed by atoms with Crippen LogP contribution < -0.4 is 5.32 Å². The van der Waals surface area contributed by atoms with Crippen molar-refractivity contribution in [1.82, 2.24) is 20.1 Å². The number of aryl methyl sites for hydroxylation is 1. The summed E-state index contributed by atoms with van der Waals surface area (Å²) >= 11 is 2.12. The third-order valence-electron chi connectivity index (χ3n) is 3.47. The zero-order valence-electron chi connectivity index (χ0n) is 11.4. The van der Waals surface area contributed by atoms with Crippen molar-refractivity contribution in [3.05, 3.63) is 12.2 Å². The van der Waals surface area contributed by atoms with Gasteiger partial charge in [-0.1, -0.05) is 6.92 Å².